The monoisotopic (exact) mass is 347 g/mol. The van der Waals surface area contributed by atoms with Gasteiger partial charge < -0.3 is 19.9 Å². The van der Waals surface area contributed by atoms with Crippen LogP contribution in [0.3, 0.4) is 0 Å². The number of rotatable bonds is 5. The first kappa shape index (κ1) is 17.0. The molecule has 2 N–H and O–H groups in total. The Labute approximate surface area is 145 Å². The van der Waals surface area contributed by atoms with E-state index in [0.717, 1.165) is 5.82 Å². The van der Waals surface area contributed by atoms with Crippen molar-refractivity contribution in [2.45, 2.75) is 25.0 Å². The summed E-state index contributed by atoms with van der Waals surface area (Å²) >= 11 is 0. The molecule has 4 amide bonds. The second-order valence-corrected chi connectivity index (χ2v) is 6.31. The molecule has 0 aliphatic carbocycles. The van der Waals surface area contributed by atoms with Crippen LogP contribution in [-0.2, 0) is 9.59 Å². The summed E-state index contributed by atoms with van der Waals surface area (Å²) in [6.45, 7) is 1.01. The highest BCUT2D eigenvalue weighted by molar-refractivity contribution is 6.05. The highest BCUT2D eigenvalue weighted by atomic mass is 16.5. The van der Waals surface area contributed by atoms with Gasteiger partial charge in [-0.15, -0.1) is 0 Å². The van der Waals surface area contributed by atoms with Crippen LogP contribution in [0.25, 0.3) is 0 Å². The fourth-order valence-electron chi connectivity index (χ4n) is 2.95. The van der Waals surface area contributed by atoms with Gasteiger partial charge in [-0.25, -0.2) is 9.78 Å². The summed E-state index contributed by atoms with van der Waals surface area (Å²) in [5.74, 6) is 0.774. The Morgan fingerprint density at radius 3 is 2.92 bits per heavy atom. The smallest absolute Gasteiger partial charge is 0.322 e. The van der Waals surface area contributed by atoms with Crippen LogP contribution in [0.15, 0.2) is 18.3 Å². The lowest BCUT2D eigenvalue weighted by atomic mass is 10.2. The minimum absolute atomic E-state index is 0.0415. The van der Waals surface area contributed by atoms with Crippen molar-refractivity contribution in [1.82, 2.24) is 20.5 Å². The third kappa shape index (κ3) is 3.81. The van der Waals surface area contributed by atoms with E-state index in [2.05, 4.69) is 15.6 Å². The molecule has 0 bridgehead atoms. The number of hydrogen-bond donors (Lipinski definition) is 2. The predicted octanol–water partition coefficient (Wildman–Crippen LogP) is -0.275. The number of urea groups is 1. The fourth-order valence-corrected chi connectivity index (χ4v) is 2.95. The fraction of sp³-hybridized carbons (Fsp3) is 0.500. The van der Waals surface area contributed by atoms with E-state index in [0.29, 0.717) is 25.3 Å². The van der Waals surface area contributed by atoms with Gasteiger partial charge in [0.1, 0.15) is 12.1 Å². The van der Waals surface area contributed by atoms with Gasteiger partial charge in [-0.1, -0.05) is 0 Å². The molecular weight excluding hydrogens is 326 g/mol. The second-order valence-electron chi connectivity index (χ2n) is 6.31. The van der Waals surface area contributed by atoms with Gasteiger partial charge in [0, 0.05) is 33.3 Å². The lowest BCUT2D eigenvalue weighted by Gasteiger charge is -2.21. The van der Waals surface area contributed by atoms with E-state index in [1.807, 2.05) is 31.1 Å². The topological polar surface area (TPSA) is 104 Å². The molecule has 0 unspecified atom stereocenters. The van der Waals surface area contributed by atoms with Crippen LogP contribution in [0.1, 0.15) is 12.8 Å². The molecule has 0 radical (unpaired) electrons. The normalized spacial score (nSPS) is 22.6. The minimum atomic E-state index is -0.793. The Hall–Kier alpha value is -2.84. The van der Waals surface area contributed by atoms with Crippen molar-refractivity contribution in [2.75, 3.05) is 32.1 Å². The maximum Gasteiger partial charge on any atom is 0.322 e. The molecule has 2 fully saturated rings. The van der Waals surface area contributed by atoms with Crippen molar-refractivity contribution in [3.63, 3.8) is 0 Å². The zero-order valence-corrected chi connectivity index (χ0v) is 14.2. The van der Waals surface area contributed by atoms with Gasteiger partial charge in [-0.05, 0) is 12.1 Å². The van der Waals surface area contributed by atoms with E-state index in [9.17, 15) is 14.4 Å². The molecule has 1 aromatic heterocycles. The van der Waals surface area contributed by atoms with Crippen LogP contribution in [0.5, 0.6) is 5.75 Å². The molecule has 0 aromatic carbocycles. The SMILES string of the molecule is CN(C)c1ncccc1O[C@H]1CCN(C(=O)C[C@@H]2NC(=O)NC2=O)C1. The highest BCUT2D eigenvalue weighted by Gasteiger charge is 2.35. The average Bonchev–Trinajstić information content (AvgIpc) is 3.14. The van der Waals surface area contributed by atoms with Crippen LogP contribution >= 0.6 is 0 Å². The van der Waals surface area contributed by atoms with E-state index in [1.54, 1.807) is 11.1 Å². The number of nitrogens with zero attached hydrogens (tertiary/aromatic N) is 3. The summed E-state index contributed by atoms with van der Waals surface area (Å²) < 4.78 is 6.01. The molecule has 2 saturated heterocycles. The maximum absolute atomic E-state index is 12.3. The summed E-state index contributed by atoms with van der Waals surface area (Å²) in [5, 5.41) is 4.56. The van der Waals surface area contributed by atoms with Crippen molar-refractivity contribution in [3.8, 4) is 5.75 Å². The lowest BCUT2D eigenvalue weighted by molar-refractivity contribution is -0.133. The summed E-state index contributed by atoms with van der Waals surface area (Å²) in [7, 11) is 3.78. The van der Waals surface area contributed by atoms with Gasteiger partial charge in [-0.3, -0.25) is 14.9 Å². The number of ether oxygens (including phenoxy) is 1. The van der Waals surface area contributed by atoms with Crippen LogP contribution in [0.2, 0.25) is 0 Å². The molecule has 0 spiro atoms. The van der Waals surface area contributed by atoms with Gasteiger partial charge >= 0.3 is 6.03 Å². The minimum Gasteiger partial charge on any atom is -0.485 e. The maximum atomic E-state index is 12.3. The molecule has 0 saturated carbocycles. The number of carbonyl (C=O) groups is 3. The van der Waals surface area contributed by atoms with Crippen LogP contribution in [0.4, 0.5) is 10.6 Å². The molecule has 25 heavy (non-hydrogen) atoms. The lowest BCUT2D eigenvalue weighted by Crippen LogP contribution is -2.38. The van der Waals surface area contributed by atoms with E-state index in [4.69, 9.17) is 4.74 Å². The zero-order chi connectivity index (χ0) is 18.0. The van der Waals surface area contributed by atoms with Gasteiger partial charge in [-0.2, -0.15) is 0 Å². The second kappa shape index (κ2) is 6.96. The summed E-state index contributed by atoms with van der Waals surface area (Å²) in [6.07, 6.45) is 2.24. The van der Waals surface area contributed by atoms with Crippen molar-refractivity contribution >= 4 is 23.7 Å². The molecule has 2 atom stereocenters. The molecule has 3 rings (SSSR count). The number of imide groups is 1. The number of amides is 4. The Balaban J connectivity index is 1.56. The first-order valence-electron chi connectivity index (χ1n) is 8.12. The van der Waals surface area contributed by atoms with Crippen molar-refractivity contribution < 1.29 is 19.1 Å². The van der Waals surface area contributed by atoms with Crippen LogP contribution in [-0.4, -0.2) is 67.1 Å². The molecule has 9 nitrogen and oxygen atoms in total. The average molecular weight is 347 g/mol. The first-order valence-corrected chi connectivity index (χ1v) is 8.12. The van der Waals surface area contributed by atoms with E-state index in [1.165, 1.54) is 0 Å². The molecule has 2 aliphatic heterocycles. The third-order valence-corrected chi connectivity index (χ3v) is 4.20. The standard InChI is InChI=1S/C16H21N5O4/c1-20(2)14-12(4-3-6-17-14)25-10-5-7-21(9-10)13(22)8-11-15(23)19-16(24)18-11/h3-4,6,10-11H,5,7-9H2,1-2H3,(H2,18,19,23,24)/t10-,11-/m0/s1. The highest BCUT2D eigenvalue weighted by Crippen LogP contribution is 2.26. The molecule has 3 heterocycles. The number of anilines is 1. The van der Waals surface area contributed by atoms with Crippen molar-refractivity contribution in [2.24, 2.45) is 0 Å². The first-order chi connectivity index (χ1) is 11.9. The number of likely N-dealkylation sites (tertiary alicyclic amines) is 1. The Morgan fingerprint density at radius 2 is 2.24 bits per heavy atom. The Kier molecular flexibility index (Phi) is 4.73. The van der Waals surface area contributed by atoms with Gasteiger partial charge in [0.05, 0.1) is 13.0 Å². The van der Waals surface area contributed by atoms with E-state index in [-0.39, 0.29) is 18.4 Å². The molecule has 2 aliphatic rings. The molecule has 134 valence electrons. The van der Waals surface area contributed by atoms with E-state index < -0.39 is 18.0 Å². The summed E-state index contributed by atoms with van der Waals surface area (Å²) in [4.78, 5) is 42.8. The number of carbonyl (C=O) groups excluding carboxylic acids is 3. The number of hydrogen-bond acceptors (Lipinski definition) is 6. The number of aromatic nitrogens is 1. The zero-order valence-electron chi connectivity index (χ0n) is 14.2. The number of pyridine rings is 1. The van der Waals surface area contributed by atoms with Crippen molar-refractivity contribution in [1.29, 1.82) is 0 Å². The Bertz CT molecular complexity index is 693. The Morgan fingerprint density at radius 1 is 1.44 bits per heavy atom. The van der Waals surface area contributed by atoms with Gasteiger partial charge in [0.2, 0.25) is 5.91 Å². The molecule has 9 heteroatoms. The van der Waals surface area contributed by atoms with Crippen molar-refractivity contribution in [3.05, 3.63) is 18.3 Å². The van der Waals surface area contributed by atoms with Gasteiger partial charge in [0.25, 0.3) is 5.91 Å². The molecule has 1 aromatic rings. The predicted molar refractivity (Wildman–Crippen MR) is 89.3 cm³/mol. The summed E-state index contributed by atoms with van der Waals surface area (Å²) in [6, 6.07) is 2.31. The van der Waals surface area contributed by atoms with Crippen LogP contribution < -0.4 is 20.3 Å². The summed E-state index contributed by atoms with van der Waals surface area (Å²) in [5.41, 5.74) is 0. The van der Waals surface area contributed by atoms with Crippen LogP contribution in [0, 0.1) is 0 Å². The largest absolute Gasteiger partial charge is 0.485 e. The van der Waals surface area contributed by atoms with Gasteiger partial charge in [0.15, 0.2) is 11.6 Å². The third-order valence-electron chi connectivity index (χ3n) is 4.20. The van der Waals surface area contributed by atoms with E-state index >= 15 is 0 Å². The quantitative estimate of drug-likeness (QED) is 0.711. The number of nitrogens with one attached hydrogen (secondary N) is 2. The molecular formula is C16H21N5O4.